The maximum atomic E-state index is 6.31. The summed E-state index contributed by atoms with van der Waals surface area (Å²) in [7, 11) is 1.62. The Labute approximate surface area is 142 Å². The molecule has 2 aromatic carbocycles. The Hall–Kier alpha value is -1.97. The molecule has 3 nitrogen and oxygen atoms in total. The lowest BCUT2D eigenvalue weighted by molar-refractivity contribution is -0.686. The smallest absolute Gasteiger partial charge is 0.180 e. The number of rotatable bonds is 8. The van der Waals surface area contributed by atoms with Crippen LogP contribution in [-0.2, 0) is 13.1 Å². The minimum absolute atomic E-state index is 0.398. The van der Waals surface area contributed by atoms with E-state index >= 15 is 0 Å². The number of benzene rings is 2. The molecule has 0 amide bonds. The van der Waals surface area contributed by atoms with Gasteiger partial charge in [-0.1, -0.05) is 54.1 Å². The third-order valence-electron chi connectivity index (χ3n) is 3.52. The first-order valence-corrected chi connectivity index (χ1v) is 7.99. The molecule has 0 aliphatic heterocycles. The Morgan fingerprint density at radius 2 is 1.83 bits per heavy atom. The summed E-state index contributed by atoms with van der Waals surface area (Å²) in [6, 6.07) is 12.5. The summed E-state index contributed by atoms with van der Waals surface area (Å²) >= 11 is 6.31. The van der Waals surface area contributed by atoms with Gasteiger partial charge >= 0.3 is 0 Å². The molecule has 0 aromatic heterocycles. The van der Waals surface area contributed by atoms with E-state index in [0.29, 0.717) is 23.1 Å². The number of halogens is 1. The maximum absolute atomic E-state index is 6.31. The van der Waals surface area contributed by atoms with Crippen LogP contribution in [0.4, 0.5) is 0 Å². The number of aryl methyl sites for hydroxylation is 1. The highest BCUT2D eigenvalue weighted by molar-refractivity contribution is 6.32. The summed E-state index contributed by atoms with van der Waals surface area (Å²) in [4.78, 5) is 0. The van der Waals surface area contributed by atoms with Crippen molar-refractivity contribution < 1.29 is 14.8 Å². The number of ether oxygens (including phenoxy) is 2. The molecule has 0 bridgehead atoms. The fraction of sp³-hybridized carbons (Fsp3) is 0.263. The average Bonchev–Trinajstić information content (AvgIpc) is 2.55. The van der Waals surface area contributed by atoms with Gasteiger partial charge in [-0.2, -0.15) is 0 Å². The van der Waals surface area contributed by atoms with Crippen LogP contribution in [0.1, 0.15) is 16.7 Å². The van der Waals surface area contributed by atoms with Crippen LogP contribution in [0.3, 0.4) is 0 Å². The van der Waals surface area contributed by atoms with Crippen molar-refractivity contribution in [2.75, 3.05) is 13.7 Å². The molecule has 122 valence electrons. The Bertz CT molecular complexity index is 653. The molecular weight excluding hydrogens is 310 g/mol. The van der Waals surface area contributed by atoms with Gasteiger partial charge in [0, 0.05) is 11.1 Å². The normalized spacial score (nSPS) is 10.4. The van der Waals surface area contributed by atoms with Crippen LogP contribution in [0.15, 0.2) is 49.1 Å². The summed E-state index contributed by atoms with van der Waals surface area (Å²) in [6.45, 7) is 7.88. The van der Waals surface area contributed by atoms with Crippen molar-refractivity contribution in [3.63, 3.8) is 0 Å². The van der Waals surface area contributed by atoms with E-state index in [0.717, 1.165) is 18.7 Å². The van der Waals surface area contributed by atoms with Gasteiger partial charge in [0.05, 0.1) is 12.1 Å². The van der Waals surface area contributed by atoms with Gasteiger partial charge < -0.3 is 14.8 Å². The predicted octanol–water partition coefficient (Wildman–Crippen LogP) is 3.49. The van der Waals surface area contributed by atoms with E-state index < -0.39 is 0 Å². The van der Waals surface area contributed by atoms with Crippen LogP contribution in [0, 0.1) is 6.92 Å². The van der Waals surface area contributed by atoms with Crippen LogP contribution < -0.4 is 14.8 Å². The number of nitrogens with two attached hydrogens (primary N) is 1. The molecule has 0 saturated heterocycles. The monoisotopic (exact) mass is 332 g/mol. The zero-order chi connectivity index (χ0) is 16.7. The first kappa shape index (κ1) is 17.4. The van der Waals surface area contributed by atoms with Gasteiger partial charge in [-0.25, -0.2) is 0 Å². The van der Waals surface area contributed by atoms with Gasteiger partial charge in [0.15, 0.2) is 11.5 Å². The zero-order valence-corrected chi connectivity index (χ0v) is 14.4. The van der Waals surface area contributed by atoms with Crippen LogP contribution in [-0.4, -0.2) is 13.7 Å². The second-order valence-corrected chi connectivity index (χ2v) is 5.80. The molecule has 0 atom stereocenters. The summed E-state index contributed by atoms with van der Waals surface area (Å²) in [5.41, 5.74) is 3.69. The average molecular weight is 333 g/mol. The van der Waals surface area contributed by atoms with Crippen molar-refractivity contribution in [3.8, 4) is 11.5 Å². The molecule has 2 rings (SSSR count). The zero-order valence-electron chi connectivity index (χ0n) is 13.6. The van der Waals surface area contributed by atoms with Gasteiger partial charge in [0.1, 0.15) is 19.7 Å². The van der Waals surface area contributed by atoms with Crippen LogP contribution >= 0.6 is 11.6 Å². The van der Waals surface area contributed by atoms with Crippen LogP contribution in [0.5, 0.6) is 11.5 Å². The fourth-order valence-electron chi connectivity index (χ4n) is 2.30. The van der Waals surface area contributed by atoms with E-state index in [-0.39, 0.29) is 0 Å². The summed E-state index contributed by atoms with van der Waals surface area (Å²) in [5, 5.41) is 2.80. The minimum Gasteiger partial charge on any atom is -0.493 e. The van der Waals surface area contributed by atoms with Gasteiger partial charge in [0.25, 0.3) is 0 Å². The Morgan fingerprint density at radius 3 is 2.48 bits per heavy atom. The van der Waals surface area contributed by atoms with E-state index in [9.17, 15) is 0 Å². The molecule has 0 unspecified atom stereocenters. The molecule has 0 fully saturated rings. The molecule has 2 N–H and O–H groups in total. The summed E-state index contributed by atoms with van der Waals surface area (Å²) < 4.78 is 10.9. The fourth-order valence-corrected chi connectivity index (χ4v) is 2.59. The van der Waals surface area contributed by atoms with Crippen LogP contribution in [0.2, 0.25) is 5.02 Å². The van der Waals surface area contributed by atoms with E-state index in [1.807, 2.05) is 12.1 Å². The number of quaternary nitrogens is 1. The number of methoxy groups -OCH3 is 1. The predicted molar refractivity (Wildman–Crippen MR) is 94.2 cm³/mol. The molecule has 4 heteroatoms. The molecule has 2 aromatic rings. The lowest BCUT2D eigenvalue weighted by Crippen LogP contribution is -2.80. The van der Waals surface area contributed by atoms with E-state index in [4.69, 9.17) is 21.1 Å². The van der Waals surface area contributed by atoms with Crippen molar-refractivity contribution in [1.29, 1.82) is 0 Å². The Morgan fingerprint density at radius 1 is 1.13 bits per heavy atom. The molecule has 0 radical (unpaired) electrons. The van der Waals surface area contributed by atoms with Crippen LogP contribution in [0.25, 0.3) is 0 Å². The lowest BCUT2D eigenvalue weighted by atomic mass is 10.1. The second-order valence-electron chi connectivity index (χ2n) is 5.39. The van der Waals surface area contributed by atoms with Gasteiger partial charge in [-0.15, -0.1) is 0 Å². The standard InChI is InChI=1S/C19H22ClNO2/c1-4-9-23-19-17(20)10-16(11-18(19)22-3)13-21-12-15-7-5-14(2)6-8-15/h4-8,10-11,21H,1,9,12-13H2,2-3H3/p+1. The minimum atomic E-state index is 0.398. The summed E-state index contributed by atoms with van der Waals surface area (Å²) in [5.74, 6) is 1.22. The van der Waals surface area contributed by atoms with Crippen molar-refractivity contribution in [3.05, 3.63) is 70.8 Å². The summed E-state index contributed by atoms with van der Waals surface area (Å²) in [6.07, 6.45) is 1.68. The SMILES string of the molecule is C=CCOc1c(Cl)cc(C[NH2+]Cc2ccc(C)cc2)cc1OC. The van der Waals surface area contributed by atoms with Crippen molar-refractivity contribution >= 4 is 11.6 Å². The molecule has 0 heterocycles. The van der Waals surface area contributed by atoms with Gasteiger partial charge in [-0.05, 0) is 19.1 Å². The number of hydrogen-bond donors (Lipinski definition) is 1. The third-order valence-corrected chi connectivity index (χ3v) is 3.80. The highest BCUT2D eigenvalue weighted by Crippen LogP contribution is 2.36. The van der Waals surface area contributed by atoms with E-state index in [1.54, 1.807) is 13.2 Å². The molecule has 0 aliphatic carbocycles. The molecule has 23 heavy (non-hydrogen) atoms. The number of hydrogen-bond acceptors (Lipinski definition) is 2. The molecule has 0 saturated carbocycles. The molecule has 0 spiro atoms. The first-order valence-electron chi connectivity index (χ1n) is 7.61. The molecular formula is C19H23ClNO2+. The molecule has 0 aliphatic rings. The third kappa shape index (κ3) is 5.02. The Kier molecular flexibility index (Phi) is 6.51. The highest BCUT2D eigenvalue weighted by atomic mass is 35.5. The van der Waals surface area contributed by atoms with Crippen molar-refractivity contribution in [2.24, 2.45) is 0 Å². The topological polar surface area (TPSA) is 35.1 Å². The first-order chi connectivity index (χ1) is 11.1. The Balaban J connectivity index is 2.00. The maximum Gasteiger partial charge on any atom is 0.180 e. The second kappa shape index (κ2) is 8.61. The van der Waals surface area contributed by atoms with Gasteiger partial charge in [0.2, 0.25) is 0 Å². The largest absolute Gasteiger partial charge is 0.493 e. The highest BCUT2D eigenvalue weighted by Gasteiger charge is 2.12. The lowest BCUT2D eigenvalue weighted by Gasteiger charge is -2.13. The van der Waals surface area contributed by atoms with E-state index in [2.05, 4.69) is 43.1 Å². The van der Waals surface area contributed by atoms with E-state index in [1.165, 1.54) is 11.1 Å². The van der Waals surface area contributed by atoms with Crippen molar-refractivity contribution in [1.82, 2.24) is 0 Å². The quantitative estimate of drug-likeness (QED) is 0.751. The van der Waals surface area contributed by atoms with Crippen molar-refractivity contribution in [2.45, 2.75) is 20.0 Å². The van der Waals surface area contributed by atoms with Gasteiger partial charge in [-0.3, -0.25) is 0 Å².